The van der Waals surface area contributed by atoms with Crippen molar-refractivity contribution in [3.63, 3.8) is 0 Å². The molecule has 27 heavy (non-hydrogen) atoms. The van der Waals surface area contributed by atoms with Gasteiger partial charge in [-0.1, -0.05) is 18.2 Å². The fourth-order valence-electron chi connectivity index (χ4n) is 2.98. The van der Waals surface area contributed by atoms with Crippen molar-refractivity contribution >= 4 is 17.7 Å². The Morgan fingerprint density at radius 1 is 1.19 bits per heavy atom. The van der Waals surface area contributed by atoms with Crippen LogP contribution in [0.5, 0.6) is 5.75 Å². The fourth-order valence-corrected chi connectivity index (χ4v) is 2.98. The molecule has 1 aliphatic heterocycles. The van der Waals surface area contributed by atoms with E-state index < -0.39 is 0 Å². The minimum atomic E-state index is -0.251. The number of para-hydroxylation sites is 1. The van der Waals surface area contributed by atoms with Gasteiger partial charge in [-0.3, -0.25) is 0 Å². The monoisotopic (exact) mass is 371 g/mol. The standard InChI is InChI=1S/C19H25N5O3/c1-3-27-19(25)24-10-8-23(9-11-24)18-12-17(21-14-22-18)20-13-15-6-4-5-7-16(15)26-2/h4-7,12,14H,3,8-11,13H2,1-2H3,(H,20,21,22). The van der Waals surface area contributed by atoms with E-state index in [0.717, 1.165) is 22.9 Å². The maximum atomic E-state index is 11.8. The van der Waals surface area contributed by atoms with E-state index in [1.54, 1.807) is 18.3 Å². The van der Waals surface area contributed by atoms with Crippen LogP contribution in [0.25, 0.3) is 0 Å². The zero-order chi connectivity index (χ0) is 19.1. The molecule has 1 aromatic heterocycles. The SMILES string of the molecule is CCOC(=O)N1CCN(c2cc(NCc3ccccc3OC)ncn2)CC1. The van der Waals surface area contributed by atoms with Gasteiger partial charge in [0.05, 0.1) is 13.7 Å². The van der Waals surface area contributed by atoms with Gasteiger partial charge in [0.1, 0.15) is 23.7 Å². The normalized spacial score (nSPS) is 14.0. The predicted molar refractivity (Wildman–Crippen MR) is 103 cm³/mol. The van der Waals surface area contributed by atoms with Gasteiger partial charge in [-0.25, -0.2) is 14.8 Å². The molecule has 1 N–H and O–H groups in total. The second-order valence-corrected chi connectivity index (χ2v) is 6.10. The van der Waals surface area contributed by atoms with Crippen LogP contribution in [0.4, 0.5) is 16.4 Å². The van der Waals surface area contributed by atoms with Gasteiger partial charge < -0.3 is 24.6 Å². The third-order valence-corrected chi connectivity index (χ3v) is 4.43. The van der Waals surface area contributed by atoms with Crippen LogP contribution in [0.1, 0.15) is 12.5 Å². The van der Waals surface area contributed by atoms with Crippen LogP contribution in [0.2, 0.25) is 0 Å². The Morgan fingerprint density at radius 2 is 1.96 bits per heavy atom. The van der Waals surface area contributed by atoms with E-state index in [-0.39, 0.29) is 6.09 Å². The number of hydrogen-bond donors (Lipinski definition) is 1. The van der Waals surface area contributed by atoms with Crippen LogP contribution >= 0.6 is 0 Å². The van der Waals surface area contributed by atoms with Gasteiger partial charge >= 0.3 is 6.09 Å². The number of methoxy groups -OCH3 is 1. The van der Waals surface area contributed by atoms with Gasteiger partial charge in [0.25, 0.3) is 0 Å². The highest BCUT2D eigenvalue weighted by atomic mass is 16.6. The molecular formula is C19H25N5O3. The first kappa shape index (κ1) is 18.8. The Morgan fingerprint density at radius 3 is 2.70 bits per heavy atom. The number of anilines is 2. The molecule has 1 saturated heterocycles. The smallest absolute Gasteiger partial charge is 0.409 e. The molecule has 1 amide bonds. The minimum absolute atomic E-state index is 0.251. The molecular weight excluding hydrogens is 346 g/mol. The lowest BCUT2D eigenvalue weighted by molar-refractivity contribution is 0.105. The molecule has 0 saturated carbocycles. The largest absolute Gasteiger partial charge is 0.496 e. The first-order valence-electron chi connectivity index (χ1n) is 9.05. The zero-order valence-electron chi connectivity index (χ0n) is 15.7. The number of nitrogens with one attached hydrogen (secondary N) is 1. The van der Waals surface area contributed by atoms with Gasteiger partial charge in [0.15, 0.2) is 0 Å². The van der Waals surface area contributed by atoms with E-state index in [1.807, 2.05) is 37.3 Å². The van der Waals surface area contributed by atoms with Gasteiger partial charge in [0.2, 0.25) is 0 Å². The summed E-state index contributed by atoms with van der Waals surface area (Å²) in [6, 6.07) is 9.80. The quantitative estimate of drug-likeness (QED) is 0.835. The summed E-state index contributed by atoms with van der Waals surface area (Å²) in [4.78, 5) is 24.3. The third-order valence-electron chi connectivity index (χ3n) is 4.43. The van der Waals surface area contributed by atoms with Crippen molar-refractivity contribution in [2.75, 3.05) is 50.1 Å². The summed E-state index contributed by atoms with van der Waals surface area (Å²) in [6.45, 7) is 5.47. The second kappa shape index (κ2) is 9.07. The number of aromatic nitrogens is 2. The highest BCUT2D eigenvalue weighted by Gasteiger charge is 2.22. The maximum absolute atomic E-state index is 11.8. The number of piperazine rings is 1. The first-order valence-corrected chi connectivity index (χ1v) is 9.05. The fraction of sp³-hybridized carbons (Fsp3) is 0.421. The van der Waals surface area contributed by atoms with E-state index in [0.29, 0.717) is 39.3 Å². The van der Waals surface area contributed by atoms with E-state index >= 15 is 0 Å². The number of nitrogens with zero attached hydrogens (tertiary/aromatic N) is 4. The lowest BCUT2D eigenvalue weighted by Gasteiger charge is -2.34. The molecule has 2 heterocycles. The van der Waals surface area contributed by atoms with E-state index in [4.69, 9.17) is 9.47 Å². The second-order valence-electron chi connectivity index (χ2n) is 6.10. The molecule has 8 heteroatoms. The van der Waals surface area contributed by atoms with Crippen molar-refractivity contribution < 1.29 is 14.3 Å². The predicted octanol–water partition coefficient (Wildman–Crippen LogP) is 2.38. The summed E-state index contributed by atoms with van der Waals surface area (Å²) >= 11 is 0. The van der Waals surface area contributed by atoms with Gasteiger partial charge in [0, 0.05) is 44.4 Å². The van der Waals surface area contributed by atoms with E-state index in [9.17, 15) is 4.79 Å². The Kier molecular flexibility index (Phi) is 6.30. The molecule has 0 aliphatic carbocycles. The van der Waals surface area contributed by atoms with Crippen molar-refractivity contribution in [3.05, 3.63) is 42.2 Å². The van der Waals surface area contributed by atoms with Crippen LogP contribution in [-0.2, 0) is 11.3 Å². The molecule has 0 spiro atoms. The van der Waals surface area contributed by atoms with Crippen molar-refractivity contribution in [3.8, 4) is 5.75 Å². The number of rotatable bonds is 6. The highest BCUT2D eigenvalue weighted by Crippen LogP contribution is 2.20. The maximum Gasteiger partial charge on any atom is 0.409 e. The molecule has 144 valence electrons. The van der Waals surface area contributed by atoms with Crippen molar-refractivity contribution in [1.82, 2.24) is 14.9 Å². The Bertz CT molecular complexity index is 763. The van der Waals surface area contributed by atoms with Crippen LogP contribution in [0.3, 0.4) is 0 Å². The number of ether oxygens (including phenoxy) is 2. The number of amides is 1. The molecule has 0 atom stereocenters. The van der Waals surface area contributed by atoms with Crippen LogP contribution in [-0.4, -0.2) is 60.9 Å². The van der Waals surface area contributed by atoms with Crippen LogP contribution in [0.15, 0.2) is 36.7 Å². The average molecular weight is 371 g/mol. The first-order chi connectivity index (χ1) is 13.2. The van der Waals surface area contributed by atoms with Crippen molar-refractivity contribution in [1.29, 1.82) is 0 Å². The molecule has 3 rings (SSSR count). The van der Waals surface area contributed by atoms with Gasteiger partial charge in [-0.2, -0.15) is 0 Å². The van der Waals surface area contributed by atoms with Crippen LogP contribution in [0, 0.1) is 0 Å². The summed E-state index contributed by atoms with van der Waals surface area (Å²) in [5.74, 6) is 2.43. The molecule has 0 bridgehead atoms. The zero-order valence-corrected chi connectivity index (χ0v) is 15.7. The summed E-state index contributed by atoms with van der Waals surface area (Å²) < 4.78 is 10.4. The number of benzene rings is 1. The molecule has 2 aromatic rings. The van der Waals surface area contributed by atoms with Gasteiger partial charge in [-0.15, -0.1) is 0 Å². The Labute approximate surface area is 159 Å². The van der Waals surface area contributed by atoms with Crippen molar-refractivity contribution in [2.24, 2.45) is 0 Å². The van der Waals surface area contributed by atoms with Crippen LogP contribution < -0.4 is 15.0 Å². The Balaban J connectivity index is 1.59. The summed E-state index contributed by atoms with van der Waals surface area (Å²) in [5.41, 5.74) is 1.06. The van der Waals surface area contributed by atoms with E-state index in [1.165, 1.54) is 0 Å². The minimum Gasteiger partial charge on any atom is -0.496 e. The van der Waals surface area contributed by atoms with Gasteiger partial charge in [-0.05, 0) is 13.0 Å². The molecule has 0 radical (unpaired) electrons. The number of hydrogen-bond acceptors (Lipinski definition) is 7. The molecule has 0 unspecified atom stereocenters. The highest BCUT2D eigenvalue weighted by molar-refractivity contribution is 5.68. The lowest BCUT2D eigenvalue weighted by atomic mass is 10.2. The summed E-state index contributed by atoms with van der Waals surface area (Å²) in [6.07, 6.45) is 1.30. The summed E-state index contributed by atoms with van der Waals surface area (Å²) in [5, 5.41) is 3.32. The molecule has 1 fully saturated rings. The summed E-state index contributed by atoms with van der Waals surface area (Å²) in [7, 11) is 1.66. The van der Waals surface area contributed by atoms with Crippen molar-refractivity contribution in [2.45, 2.75) is 13.5 Å². The number of carbonyl (C=O) groups is 1. The van der Waals surface area contributed by atoms with E-state index in [2.05, 4.69) is 20.2 Å². The molecule has 1 aromatic carbocycles. The number of carbonyl (C=O) groups excluding carboxylic acids is 1. The average Bonchev–Trinajstić information content (AvgIpc) is 2.73. The molecule has 8 nitrogen and oxygen atoms in total. The molecule has 1 aliphatic rings. The lowest BCUT2D eigenvalue weighted by Crippen LogP contribution is -2.49. The third kappa shape index (κ3) is 4.78. The Hall–Kier alpha value is -3.03. The topological polar surface area (TPSA) is 79.8 Å².